The fourth-order valence-corrected chi connectivity index (χ4v) is 3.20. The highest BCUT2D eigenvalue weighted by molar-refractivity contribution is 5.96. The van der Waals surface area contributed by atoms with Crippen molar-refractivity contribution in [2.45, 2.75) is 58.8 Å². The quantitative estimate of drug-likeness (QED) is 0.775. The fourth-order valence-electron chi connectivity index (χ4n) is 3.20. The third-order valence-corrected chi connectivity index (χ3v) is 4.44. The average molecular weight is 345 g/mol. The zero-order valence-corrected chi connectivity index (χ0v) is 15.0. The molecule has 0 bridgehead atoms. The maximum absolute atomic E-state index is 12.5. The fraction of sp³-hybridized carbons (Fsp3) is 0.647. The molecule has 25 heavy (non-hydrogen) atoms. The maximum Gasteiger partial charge on any atom is 0.410 e. The molecular formula is C17H23N5O3. The topological polar surface area (TPSA) is 91.5 Å². The van der Waals surface area contributed by atoms with Crippen molar-refractivity contribution in [3.63, 3.8) is 0 Å². The number of anilines is 1. The highest BCUT2D eigenvalue weighted by Gasteiger charge is 2.37. The van der Waals surface area contributed by atoms with Crippen LogP contribution in [0.4, 0.5) is 10.5 Å². The summed E-state index contributed by atoms with van der Waals surface area (Å²) in [5, 5.41) is 13.4. The predicted molar refractivity (Wildman–Crippen MR) is 89.5 cm³/mol. The number of amides is 2. The molecule has 0 saturated carbocycles. The molecule has 2 unspecified atom stereocenters. The van der Waals surface area contributed by atoms with Crippen LogP contribution in [0, 0.1) is 17.2 Å². The highest BCUT2D eigenvalue weighted by Crippen LogP contribution is 2.31. The van der Waals surface area contributed by atoms with Crippen LogP contribution in [-0.2, 0) is 22.6 Å². The van der Waals surface area contributed by atoms with Gasteiger partial charge in [0.05, 0.1) is 48.7 Å². The number of nitriles is 1. The first-order valence-electron chi connectivity index (χ1n) is 8.44. The summed E-state index contributed by atoms with van der Waals surface area (Å²) in [6, 6.07) is 2.09. The van der Waals surface area contributed by atoms with E-state index in [0.717, 1.165) is 5.69 Å². The van der Waals surface area contributed by atoms with E-state index in [1.54, 1.807) is 16.0 Å². The van der Waals surface area contributed by atoms with Crippen LogP contribution in [0.5, 0.6) is 0 Å². The first-order chi connectivity index (χ1) is 11.7. The maximum atomic E-state index is 12.5. The molecule has 3 heterocycles. The van der Waals surface area contributed by atoms with Gasteiger partial charge < -0.3 is 9.64 Å². The van der Waals surface area contributed by atoms with Gasteiger partial charge in [-0.05, 0) is 27.7 Å². The van der Waals surface area contributed by atoms with E-state index >= 15 is 0 Å². The smallest absolute Gasteiger partial charge is 0.410 e. The number of aromatic nitrogens is 2. The zero-order chi connectivity index (χ0) is 18.4. The standard InChI is InChI=1S/C17H23N5O3/c1-11-8-22-14(10-20(11)16(24)25-17(2,3)4)13(7-19-22)21-9-12(6-18)5-15(21)23/h7,11-12H,5,8-10H2,1-4H3. The third-order valence-electron chi connectivity index (χ3n) is 4.44. The monoisotopic (exact) mass is 345 g/mol. The average Bonchev–Trinajstić information content (AvgIpc) is 3.07. The Morgan fingerprint density at radius 1 is 1.40 bits per heavy atom. The number of carbonyl (C=O) groups excluding carboxylic acids is 2. The van der Waals surface area contributed by atoms with Gasteiger partial charge in [0.2, 0.25) is 5.91 Å². The van der Waals surface area contributed by atoms with Crippen LogP contribution in [0.25, 0.3) is 0 Å². The molecule has 0 aliphatic carbocycles. The Bertz CT molecular complexity index is 742. The minimum atomic E-state index is -0.567. The van der Waals surface area contributed by atoms with Crippen molar-refractivity contribution in [3.05, 3.63) is 11.9 Å². The van der Waals surface area contributed by atoms with Gasteiger partial charge in [-0.15, -0.1) is 0 Å². The molecule has 2 aliphatic rings. The number of hydrogen-bond acceptors (Lipinski definition) is 5. The van der Waals surface area contributed by atoms with Crippen LogP contribution in [0.1, 0.15) is 39.8 Å². The van der Waals surface area contributed by atoms with Crippen molar-refractivity contribution >= 4 is 17.7 Å². The number of ether oxygens (including phenoxy) is 1. The van der Waals surface area contributed by atoms with E-state index in [1.807, 2.05) is 32.4 Å². The van der Waals surface area contributed by atoms with Crippen molar-refractivity contribution in [3.8, 4) is 6.07 Å². The Morgan fingerprint density at radius 3 is 2.72 bits per heavy atom. The molecule has 0 aromatic carbocycles. The van der Waals surface area contributed by atoms with E-state index in [0.29, 0.717) is 25.3 Å². The molecule has 1 saturated heterocycles. The van der Waals surface area contributed by atoms with Crippen molar-refractivity contribution < 1.29 is 14.3 Å². The normalized spacial score (nSPS) is 23.4. The second-order valence-electron chi connectivity index (χ2n) is 7.65. The van der Waals surface area contributed by atoms with E-state index in [4.69, 9.17) is 10.00 Å². The van der Waals surface area contributed by atoms with Crippen molar-refractivity contribution in [2.24, 2.45) is 5.92 Å². The molecule has 134 valence electrons. The Kier molecular flexibility index (Phi) is 4.19. The number of rotatable bonds is 1. The Hall–Kier alpha value is -2.56. The van der Waals surface area contributed by atoms with Crippen LogP contribution >= 0.6 is 0 Å². The van der Waals surface area contributed by atoms with E-state index < -0.39 is 5.60 Å². The lowest BCUT2D eigenvalue weighted by Crippen LogP contribution is -2.47. The SMILES string of the molecule is CC1Cn2ncc(N3CC(C#N)CC3=O)c2CN1C(=O)OC(C)(C)C. The molecule has 0 N–H and O–H groups in total. The summed E-state index contributed by atoms with van der Waals surface area (Å²) >= 11 is 0. The van der Waals surface area contributed by atoms with Gasteiger partial charge in [-0.1, -0.05) is 0 Å². The van der Waals surface area contributed by atoms with Gasteiger partial charge in [-0.2, -0.15) is 10.4 Å². The van der Waals surface area contributed by atoms with Crippen LogP contribution in [-0.4, -0.2) is 44.9 Å². The second kappa shape index (κ2) is 6.06. The van der Waals surface area contributed by atoms with Gasteiger partial charge in [-0.3, -0.25) is 14.4 Å². The lowest BCUT2D eigenvalue weighted by molar-refractivity contribution is -0.117. The van der Waals surface area contributed by atoms with E-state index in [-0.39, 0.29) is 30.4 Å². The van der Waals surface area contributed by atoms with Crippen LogP contribution in [0.3, 0.4) is 0 Å². The number of nitrogens with zero attached hydrogens (tertiary/aromatic N) is 5. The van der Waals surface area contributed by atoms with Crippen molar-refractivity contribution in [2.75, 3.05) is 11.4 Å². The van der Waals surface area contributed by atoms with Crippen LogP contribution in [0.2, 0.25) is 0 Å². The summed E-state index contributed by atoms with van der Waals surface area (Å²) in [5.41, 5.74) is 0.918. The van der Waals surface area contributed by atoms with Gasteiger partial charge in [-0.25, -0.2) is 4.79 Å². The summed E-state index contributed by atoms with van der Waals surface area (Å²) in [5.74, 6) is -0.377. The van der Waals surface area contributed by atoms with E-state index in [1.165, 1.54) is 0 Å². The summed E-state index contributed by atoms with van der Waals surface area (Å²) < 4.78 is 7.32. The van der Waals surface area contributed by atoms with Gasteiger partial charge >= 0.3 is 6.09 Å². The first kappa shape index (κ1) is 17.3. The molecule has 1 aromatic heterocycles. The van der Waals surface area contributed by atoms with E-state index in [2.05, 4.69) is 11.2 Å². The third kappa shape index (κ3) is 3.31. The predicted octanol–water partition coefficient (Wildman–Crippen LogP) is 1.90. The van der Waals surface area contributed by atoms with Gasteiger partial charge in [0.15, 0.2) is 0 Å². The number of carbonyl (C=O) groups is 2. The largest absolute Gasteiger partial charge is 0.444 e. The molecule has 2 aliphatic heterocycles. The molecular weight excluding hydrogens is 322 g/mol. The lowest BCUT2D eigenvalue weighted by atomic mass is 10.1. The zero-order valence-electron chi connectivity index (χ0n) is 15.0. The Morgan fingerprint density at radius 2 is 2.12 bits per heavy atom. The molecule has 1 aromatic rings. The molecule has 1 fully saturated rings. The Labute approximate surface area is 146 Å². The molecule has 8 heteroatoms. The highest BCUT2D eigenvalue weighted by atomic mass is 16.6. The molecule has 8 nitrogen and oxygen atoms in total. The lowest BCUT2D eigenvalue weighted by Gasteiger charge is -2.36. The summed E-state index contributed by atoms with van der Waals surface area (Å²) in [7, 11) is 0. The molecule has 0 spiro atoms. The van der Waals surface area contributed by atoms with Gasteiger partial charge in [0.25, 0.3) is 0 Å². The molecule has 0 radical (unpaired) electrons. The number of fused-ring (bicyclic) bond motifs is 1. The minimum absolute atomic E-state index is 0.0590. The van der Waals surface area contributed by atoms with Crippen molar-refractivity contribution in [1.82, 2.24) is 14.7 Å². The van der Waals surface area contributed by atoms with E-state index in [9.17, 15) is 9.59 Å². The van der Waals surface area contributed by atoms with Gasteiger partial charge in [0.1, 0.15) is 5.60 Å². The summed E-state index contributed by atoms with van der Waals surface area (Å²) in [6.45, 7) is 8.68. The summed E-state index contributed by atoms with van der Waals surface area (Å²) in [6.07, 6.45) is 1.51. The van der Waals surface area contributed by atoms with Crippen molar-refractivity contribution in [1.29, 1.82) is 5.26 Å². The number of hydrogen-bond donors (Lipinski definition) is 0. The molecule has 3 rings (SSSR count). The first-order valence-corrected chi connectivity index (χ1v) is 8.44. The minimum Gasteiger partial charge on any atom is -0.444 e. The second-order valence-corrected chi connectivity index (χ2v) is 7.65. The van der Waals surface area contributed by atoms with Crippen LogP contribution in [0.15, 0.2) is 6.20 Å². The van der Waals surface area contributed by atoms with Gasteiger partial charge in [0, 0.05) is 13.0 Å². The molecule has 2 atom stereocenters. The van der Waals surface area contributed by atoms with Crippen LogP contribution < -0.4 is 4.90 Å². The summed E-state index contributed by atoms with van der Waals surface area (Å²) in [4.78, 5) is 28.0. The molecule has 2 amide bonds. The Balaban J connectivity index is 1.85.